The van der Waals surface area contributed by atoms with Crippen molar-refractivity contribution < 1.29 is 39.1 Å². The number of fused-ring (bicyclic) bond motifs is 2. The van der Waals surface area contributed by atoms with Gasteiger partial charge in [-0.15, -0.1) is 0 Å². The Morgan fingerprint density at radius 1 is 1.08 bits per heavy atom. The van der Waals surface area contributed by atoms with Crippen LogP contribution in [0.4, 0.5) is 0 Å². The molecule has 0 heterocycles. The van der Waals surface area contributed by atoms with Gasteiger partial charge in [0.2, 0.25) is 0 Å². The van der Waals surface area contributed by atoms with Gasteiger partial charge in [0.05, 0.1) is 29.8 Å². The highest BCUT2D eigenvalue weighted by Gasteiger charge is 2.64. The van der Waals surface area contributed by atoms with Gasteiger partial charge in [-0.2, -0.15) is 0 Å². The fraction of sp³-hybridized carbons (Fsp3) is 0.613. The summed E-state index contributed by atoms with van der Waals surface area (Å²) in [6, 6.07) is 9.60. The Morgan fingerprint density at radius 2 is 1.69 bits per heavy atom. The van der Waals surface area contributed by atoms with E-state index in [1.807, 2.05) is 44.2 Å². The van der Waals surface area contributed by atoms with E-state index >= 15 is 0 Å². The maximum atomic E-state index is 12.6. The first-order chi connectivity index (χ1) is 18.2. The van der Waals surface area contributed by atoms with E-state index in [0.29, 0.717) is 17.6 Å². The maximum absolute atomic E-state index is 12.6. The fourth-order valence-electron chi connectivity index (χ4n) is 7.41. The summed E-state index contributed by atoms with van der Waals surface area (Å²) in [6.07, 6.45) is -3.91. The molecule has 214 valence electrons. The van der Waals surface area contributed by atoms with E-state index in [0.717, 1.165) is 11.1 Å². The molecule has 9 atom stereocenters. The number of hydrogen-bond donors (Lipinski definition) is 3. The van der Waals surface area contributed by atoms with Crippen LogP contribution >= 0.6 is 0 Å². The molecule has 0 amide bonds. The van der Waals surface area contributed by atoms with Crippen molar-refractivity contribution in [3.63, 3.8) is 0 Å². The third-order valence-electron chi connectivity index (χ3n) is 9.20. The Hall–Kier alpha value is -2.52. The first-order valence-electron chi connectivity index (χ1n) is 13.7. The summed E-state index contributed by atoms with van der Waals surface area (Å²) in [7, 11) is 0. The molecular weight excluding hydrogens is 500 g/mol. The van der Waals surface area contributed by atoms with Gasteiger partial charge in [-0.3, -0.25) is 9.59 Å². The van der Waals surface area contributed by atoms with E-state index in [1.54, 1.807) is 13.8 Å². The van der Waals surface area contributed by atoms with Crippen LogP contribution in [0.1, 0.15) is 59.9 Å². The van der Waals surface area contributed by atoms with Crippen LogP contribution in [-0.2, 0) is 30.4 Å². The average Bonchev–Trinajstić information content (AvgIpc) is 3.03. The van der Waals surface area contributed by atoms with E-state index < -0.39 is 65.3 Å². The van der Waals surface area contributed by atoms with Gasteiger partial charge in [-0.25, -0.2) is 0 Å². The largest absolute Gasteiger partial charge is 0.462 e. The Labute approximate surface area is 230 Å². The van der Waals surface area contributed by atoms with Crippen molar-refractivity contribution in [2.45, 2.75) is 97.1 Å². The summed E-state index contributed by atoms with van der Waals surface area (Å²) < 4.78 is 18.5. The van der Waals surface area contributed by atoms with Crippen LogP contribution in [0.3, 0.4) is 0 Å². The molecule has 3 N–H and O–H groups in total. The zero-order chi connectivity index (χ0) is 28.9. The molecule has 1 aromatic carbocycles. The third-order valence-corrected chi connectivity index (χ3v) is 9.20. The lowest BCUT2D eigenvalue weighted by Gasteiger charge is -2.52. The molecule has 0 aliphatic heterocycles. The van der Waals surface area contributed by atoms with Crippen molar-refractivity contribution in [2.75, 3.05) is 0 Å². The summed E-state index contributed by atoms with van der Waals surface area (Å²) in [5.41, 5.74) is 0.642. The molecule has 2 saturated carbocycles. The van der Waals surface area contributed by atoms with Crippen LogP contribution in [0.5, 0.6) is 0 Å². The second-order valence-electron chi connectivity index (χ2n) is 12.2. The van der Waals surface area contributed by atoms with E-state index in [-0.39, 0.29) is 18.9 Å². The zero-order valence-corrected chi connectivity index (χ0v) is 23.7. The van der Waals surface area contributed by atoms with Crippen molar-refractivity contribution >= 4 is 11.9 Å². The topological polar surface area (TPSA) is 123 Å². The molecule has 0 radical (unpaired) electrons. The lowest BCUT2D eigenvalue weighted by atomic mass is 9.58. The Morgan fingerprint density at radius 3 is 2.26 bits per heavy atom. The second kappa shape index (κ2) is 10.8. The molecule has 0 aromatic heterocycles. The standard InChI is InChI=1S/C31H42O8/c1-16-22-13-21-25(17(2)27(35)26(21)30(5,6)36)28(37-15-20-11-9-8-10-12-20)29(39-19(4)33)31(22,7)24(14-23(16)34)38-18(3)32/h8-12,21-24,26-29,34-36H,1,13-15H2,2-7H3/t21?,22?,23-,24-,26+,27+,28+,29-,31-/m0/s1. The van der Waals surface area contributed by atoms with Crippen LogP contribution in [0.2, 0.25) is 0 Å². The van der Waals surface area contributed by atoms with Gasteiger partial charge in [0.1, 0.15) is 18.3 Å². The number of carbonyl (C=O) groups is 2. The predicted octanol–water partition coefficient (Wildman–Crippen LogP) is 3.48. The maximum Gasteiger partial charge on any atom is 0.303 e. The lowest BCUT2D eigenvalue weighted by molar-refractivity contribution is -0.200. The SMILES string of the molecule is C=C1C2CC3C(=C(C)[C@@H](O)[C@@H]3C(C)(C)O)[C@@H](OCc3ccccc3)[C@H](OC(C)=O)[C@]2(C)[C@@H](OC(C)=O)C[C@@H]1O. The summed E-state index contributed by atoms with van der Waals surface area (Å²) in [6.45, 7) is 14.2. The zero-order valence-electron chi connectivity index (χ0n) is 23.7. The number of aliphatic hydroxyl groups excluding tert-OH is 2. The summed E-state index contributed by atoms with van der Waals surface area (Å²) in [5.74, 6) is -2.45. The molecule has 2 unspecified atom stereocenters. The van der Waals surface area contributed by atoms with Crippen molar-refractivity contribution in [3.05, 3.63) is 59.2 Å². The molecule has 1 aromatic rings. The Bertz CT molecular complexity index is 1130. The molecule has 0 bridgehead atoms. The Balaban J connectivity index is 1.94. The minimum absolute atomic E-state index is 0.106. The summed E-state index contributed by atoms with van der Waals surface area (Å²) in [4.78, 5) is 24.9. The van der Waals surface area contributed by atoms with Gasteiger partial charge in [0.25, 0.3) is 0 Å². The number of carbonyl (C=O) groups excluding carboxylic acids is 2. The van der Waals surface area contributed by atoms with Crippen LogP contribution < -0.4 is 0 Å². The second-order valence-corrected chi connectivity index (χ2v) is 12.2. The molecule has 0 spiro atoms. The summed E-state index contributed by atoms with van der Waals surface area (Å²) >= 11 is 0. The highest BCUT2D eigenvalue weighted by atomic mass is 16.6. The molecule has 3 aliphatic carbocycles. The quantitative estimate of drug-likeness (QED) is 0.369. The van der Waals surface area contributed by atoms with E-state index in [2.05, 4.69) is 6.58 Å². The molecule has 8 nitrogen and oxygen atoms in total. The number of rotatable bonds is 6. The van der Waals surface area contributed by atoms with Gasteiger partial charge in [-0.05, 0) is 61.3 Å². The van der Waals surface area contributed by atoms with Crippen molar-refractivity contribution in [2.24, 2.45) is 23.2 Å². The average molecular weight is 543 g/mol. The molecule has 39 heavy (non-hydrogen) atoms. The van der Waals surface area contributed by atoms with Gasteiger partial charge in [0.15, 0.2) is 0 Å². The predicted molar refractivity (Wildman–Crippen MR) is 144 cm³/mol. The van der Waals surface area contributed by atoms with Crippen molar-refractivity contribution in [1.29, 1.82) is 0 Å². The number of hydrogen-bond acceptors (Lipinski definition) is 8. The normalized spacial score (nSPS) is 36.6. The first-order valence-corrected chi connectivity index (χ1v) is 13.7. The highest BCUT2D eigenvalue weighted by molar-refractivity contribution is 5.67. The molecule has 2 fully saturated rings. The molecule has 4 rings (SSSR count). The molecule has 8 heteroatoms. The molecular formula is C31H42O8. The number of benzene rings is 1. The Kier molecular flexibility index (Phi) is 8.16. The van der Waals surface area contributed by atoms with Crippen molar-refractivity contribution in [1.82, 2.24) is 0 Å². The number of ether oxygens (including phenoxy) is 3. The first kappa shape index (κ1) is 29.5. The minimum Gasteiger partial charge on any atom is -0.462 e. The fourth-order valence-corrected chi connectivity index (χ4v) is 7.41. The number of aliphatic hydroxyl groups is 3. The van der Waals surface area contributed by atoms with Gasteiger partial charge in [0, 0.05) is 26.2 Å². The highest BCUT2D eigenvalue weighted by Crippen LogP contribution is 2.60. The summed E-state index contributed by atoms with van der Waals surface area (Å²) in [5, 5.41) is 33.7. The van der Waals surface area contributed by atoms with Crippen LogP contribution in [0.15, 0.2) is 53.6 Å². The van der Waals surface area contributed by atoms with E-state index in [1.165, 1.54) is 13.8 Å². The van der Waals surface area contributed by atoms with Gasteiger partial charge >= 0.3 is 11.9 Å². The van der Waals surface area contributed by atoms with E-state index in [4.69, 9.17) is 14.2 Å². The van der Waals surface area contributed by atoms with Crippen LogP contribution in [-0.4, -0.2) is 63.4 Å². The smallest absolute Gasteiger partial charge is 0.303 e. The van der Waals surface area contributed by atoms with Crippen molar-refractivity contribution in [3.8, 4) is 0 Å². The third kappa shape index (κ3) is 5.32. The minimum atomic E-state index is -1.25. The lowest BCUT2D eigenvalue weighted by Crippen LogP contribution is -2.59. The molecule has 0 saturated heterocycles. The van der Waals surface area contributed by atoms with Crippen LogP contribution in [0, 0.1) is 23.2 Å². The van der Waals surface area contributed by atoms with Crippen LogP contribution in [0.25, 0.3) is 0 Å². The van der Waals surface area contributed by atoms with E-state index in [9.17, 15) is 24.9 Å². The molecule has 3 aliphatic rings. The number of esters is 2. The van der Waals surface area contributed by atoms with Gasteiger partial charge in [-0.1, -0.05) is 43.8 Å². The van der Waals surface area contributed by atoms with Gasteiger partial charge < -0.3 is 29.5 Å². The monoisotopic (exact) mass is 542 g/mol.